The van der Waals surface area contributed by atoms with E-state index in [0.717, 1.165) is 109 Å². The predicted molar refractivity (Wildman–Crippen MR) is 450 cm³/mol. The van der Waals surface area contributed by atoms with Crippen molar-refractivity contribution in [2.45, 2.75) is 10.8 Å². The van der Waals surface area contributed by atoms with Gasteiger partial charge in [0.25, 0.3) is 0 Å². The van der Waals surface area contributed by atoms with Crippen molar-refractivity contribution in [3.8, 4) is 111 Å². The van der Waals surface area contributed by atoms with E-state index >= 15 is 0 Å². The standard InChI is InChI=1S/C104H66N2O2S/c1-7-29-67(30-8-1)69-53-57-71(58-54-69)79-41-21-25-51-93(79)107-77-61-63-81-82-64-62-78(108-94-52-26-22-42-80(94)72-59-55-70(56-60-72)68-31-9-2-10-32-68)66-88(82)98-97(87(81)65-77)105-99-100(106-98)102(86-46-28-50-92-96(86)84-44-20-24-48-90(84)104(92,75-37-15-5-16-38-75)76-39-17-6-18-40-76)109-101(99)85-45-27-49-91-95(85)83-43-19-23-47-89(83)103(91,73-33-11-3-12-34-73)74-35-13-4-14-36-74/h1-66H. The van der Waals surface area contributed by atoms with E-state index in [4.69, 9.17) is 19.4 Å². The van der Waals surface area contributed by atoms with Crippen molar-refractivity contribution >= 4 is 54.9 Å². The Morgan fingerprint density at radius 1 is 0.211 bits per heavy atom. The van der Waals surface area contributed by atoms with Gasteiger partial charge in [-0.3, -0.25) is 0 Å². The molecule has 4 nitrogen and oxygen atoms in total. The Morgan fingerprint density at radius 2 is 0.505 bits per heavy atom. The molecule has 0 unspecified atom stereocenters. The monoisotopic (exact) mass is 1410 g/mol. The van der Waals surface area contributed by atoms with Crippen LogP contribution in [-0.4, -0.2) is 9.97 Å². The molecule has 0 saturated heterocycles. The van der Waals surface area contributed by atoms with E-state index < -0.39 is 10.8 Å². The Labute approximate surface area is 636 Å². The Kier molecular flexibility index (Phi) is 15.2. The summed E-state index contributed by atoms with van der Waals surface area (Å²) in [5.74, 6) is 2.84. The van der Waals surface area contributed by atoms with Crippen molar-refractivity contribution in [2.75, 3.05) is 0 Å². The molecule has 0 bridgehead atoms. The molecular formula is C104H66N2O2S. The Morgan fingerprint density at radius 3 is 0.881 bits per heavy atom. The zero-order chi connectivity index (χ0) is 72.0. The minimum Gasteiger partial charge on any atom is -0.457 e. The smallest absolute Gasteiger partial charge is 0.135 e. The molecule has 2 aliphatic rings. The SMILES string of the molecule is c1ccc(-c2ccc(-c3ccccc3Oc3ccc4c5ccc(Oc6ccccc6-c6ccc(-c7ccccc7)cc6)cc5c5nc6c(-c7cccc8c7-c7ccccc7C8(c7ccccc7)c7ccccc7)sc(-c7cccc8c7-c7ccccc7C8(c7ccccc7)c7ccccc7)c6nc5c4c3)cc2)cc1. The molecule has 0 radical (unpaired) electrons. The minimum atomic E-state index is -0.649. The third kappa shape index (κ3) is 10.2. The van der Waals surface area contributed by atoms with Gasteiger partial charge >= 0.3 is 0 Å². The van der Waals surface area contributed by atoms with Gasteiger partial charge in [0.2, 0.25) is 0 Å². The summed E-state index contributed by atoms with van der Waals surface area (Å²) in [6.45, 7) is 0. The summed E-state index contributed by atoms with van der Waals surface area (Å²) in [4.78, 5) is 14.6. The van der Waals surface area contributed by atoms with Crippen molar-refractivity contribution in [2.24, 2.45) is 0 Å². The molecular weight excluding hydrogens is 1340 g/mol. The van der Waals surface area contributed by atoms with Crippen LogP contribution < -0.4 is 9.47 Å². The number of rotatable bonds is 14. The maximum Gasteiger partial charge on any atom is 0.135 e. The third-order valence-electron chi connectivity index (χ3n) is 22.6. The highest BCUT2D eigenvalue weighted by molar-refractivity contribution is 7.21. The van der Waals surface area contributed by atoms with Gasteiger partial charge in [-0.1, -0.05) is 352 Å². The van der Waals surface area contributed by atoms with E-state index in [0.29, 0.717) is 11.5 Å². The van der Waals surface area contributed by atoms with Crippen LogP contribution in [0.25, 0.3) is 131 Å². The molecule has 0 aliphatic heterocycles. The largest absolute Gasteiger partial charge is 0.457 e. The average molecular weight is 1410 g/mol. The molecule has 5 heteroatoms. The van der Waals surface area contributed by atoms with Crippen LogP contribution >= 0.6 is 11.3 Å². The second-order valence-corrected chi connectivity index (χ2v) is 29.4. The summed E-state index contributed by atoms with van der Waals surface area (Å²) < 4.78 is 14.4. The molecule has 0 spiro atoms. The van der Waals surface area contributed by atoms with Gasteiger partial charge in [0.05, 0.1) is 31.6 Å². The minimum absolute atomic E-state index is 0.649. The summed E-state index contributed by atoms with van der Waals surface area (Å²) in [7, 11) is 0. The fourth-order valence-electron chi connectivity index (χ4n) is 17.9. The summed E-state index contributed by atoms with van der Waals surface area (Å²) in [6.07, 6.45) is 0. The molecule has 0 N–H and O–H groups in total. The molecule has 2 aromatic heterocycles. The first-order valence-electron chi connectivity index (χ1n) is 37.2. The van der Waals surface area contributed by atoms with E-state index in [1.54, 1.807) is 11.3 Å². The molecule has 2 aliphatic carbocycles. The highest BCUT2D eigenvalue weighted by atomic mass is 32.1. The normalized spacial score (nSPS) is 12.9. The molecule has 0 saturated carbocycles. The lowest BCUT2D eigenvalue weighted by atomic mass is 9.67. The number of benzene rings is 17. The Hall–Kier alpha value is -13.8. The van der Waals surface area contributed by atoms with E-state index in [1.807, 2.05) is 12.1 Å². The Bertz CT molecular complexity index is 6260. The molecule has 0 atom stereocenters. The lowest BCUT2D eigenvalue weighted by molar-refractivity contribution is 0.485. The van der Waals surface area contributed by atoms with Gasteiger partial charge in [-0.25, -0.2) is 9.97 Å². The van der Waals surface area contributed by atoms with Gasteiger partial charge in [0.15, 0.2) is 0 Å². The Balaban J connectivity index is 0.831. The molecule has 0 fully saturated rings. The number of aromatic nitrogens is 2. The van der Waals surface area contributed by atoms with Crippen molar-refractivity contribution in [1.82, 2.24) is 9.97 Å². The number of hydrogen-bond acceptors (Lipinski definition) is 5. The summed E-state index contributed by atoms with van der Waals surface area (Å²) >= 11 is 1.80. The number of thiophene rings is 1. The number of fused-ring (bicyclic) bond motifs is 13. The summed E-state index contributed by atoms with van der Waals surface area (Å²) in [5.41, 5.74) is 27.2. The first-order valence-corrected chi connectivity index (χ1v) is 38.1. The fraction of sp³-hybridized carbons (Fsp3) is 0.0192. The maximum absolute atomic E-state index is 7.21. The van der Waals surface area contributed by atoms with Crippen LogP contribution in [0.1, 0.15) is 44.5 Å². The second kappa shape index (κ2) is 26.0. The highest BCUT2D eigenvalue weighted by Crippen LogP contribution is 2.63. The van der Waals surface area contributed by atoms with Crippen LogP contribution in [0.5, 0.6) is 23.0 Å². The van der Waals surface area contributed by atoms with Crippen molar-refractivity contribution in [3.05, 3.63) is 445 Å². The van der Waals surface area contributed by atoms with Gasteiger partial charge < -0.3 is 9.47 Å². The van der Waals surface area contributed by atoms with Gasteiger partial charge in [0.1, 0.15) is 34.0 Å². The predicted octanol–water partition coefficient (Wildman–Crippen LogP) is 27.5. The van der Waals surface area contributed by atoms with Gasteiger partial charge in [0, 0.05) is 33.0 Å². The molecule has 21 rings (SSSR count). The first kappa shape index (κ1) is 63.6. The second-order valence-electron chi connectivity index (χ2n) is 28.4. The maximum atomic E-state index is 7.21. The van der Waals surface area contributed by atoms with E-state index in [2.05, 4.69) is 388 Å². The summed E-state index contributed by atoms with van der Waals surface area (Å²) in [6, 6.07) is 145. The van der Waals surface area contributed by atoms with Crippen molar-refractivity contribution < 1.29 is 9.47 Å². The lowest BCUT2D eigenvalue weighted by Gasteiger charge is -2.34. The molecule has 19 aromatic rings. The van der Waals surface area contributed by atoms with Crippen LogP contribution in [0, 0.1) is 0 Å². The van der Waals surface area contributed by atoms with Gasteiger partial charge in [-0.05, 0) is 159 Å². The topological polar surface area (TPSA) is 44.2 Å². The zero-order valence-electron chi connectivity index (χ0n) is 59.2. The van der Waals surface area contributed by atoms with Crippen LogP contribution in [0.2, 0.25) is 0 Å². The lowest BCUT2D eigenvalue weighted by Crippen LogP contribution is -2.28. The number of hydrogen-bond donors (Lipinski definition) is 0. The third-order valence-corrected chi connectivity index (χ3v) is 23.8. The van der Waals surface area contributed by atoms with E-state index in [1.165, 1.54) is 77.9 Å². The molecule has 510 valence electrons. The van der Waals surface area contributed by atoms with E-state index in [9.17, 15) is 0 Å². The van der Waals surface area contributed by atoms with Crippen LogP contribution in [0.15, 0.2) is 400 Å². The van der Waals surface area contributed by atoms with Crippen LogP contribution in [0.3, 0.4) is 0 Å². The number of nitrogens with zero attached hydrogens (tertiary/aromatic N) is 2. The van der Waals surface area contributed by atoms with Crippen molar-refractivity contribution in [1.29, 1.82) is 0 Å². The average Bonchev–Trinajstić information content (AvgIpc) is 1.54. The van der Waals surface area contributed by atoms with Gasteiger partial charge in [-0.2, -0.15) is 0 Å². The van der Waals surface area contributed by atoms with Gasteiger partial charge in [-0.15, -0.1) is 11.3 Å². The first-order chi connectivity index (χ1) is 54.1. The highest BCUT2D eigenvalue weighted by Gasteiger charge is 2.49. The summed E-state index contributed by atoms with van der Waals surface area (Å²) in [5, 5.41) is 3.85. The van der Waals surface area contributed by atoms with Crippen LogP contribution in [0.4, 0.5) is 0 Å². The number of para-hydroxylation sites is 2. The molecule has 2 heterocycles. The number of ether oxygens (including phenoxy) is 2. The van der Waals surface area contributed by atoms with E-state index in [-0.39, 0.29) is 0 Å². The van der Waals surface area contributed by atoms with Crippen molar-refractivity contribution in [3.63, 3.8) is 0 Å². The van der Waals surface area contributed by atoms with Crippen LogP contribution in [-0.2, 0) is 10.8 Å². The molecule has 17 aromatic carbocycles. The quantitative estimate of drug-likeness (QED) is 0.102. The fourth-order valence-corrected chi connectivity index (χ4v) is 19.1. The zero-order valence-corrected chi connectivity index (χ0v) is 60.0. The molecule has 0 amide bonds. The molecule has 109 heavy (non-hydrogen) atoms.